The first kappa shape index (κ1) is 19.0. The molecule has 2 aromatic carbocycles. The largest absolute Gasteiger partial charge is 0.465 e. The lowest BCUT2D eigenvalue weighted by molar-refractivity contribution is -0.115. The van der Waals surface area contributed by atoms with Gasteiger partial charge in [0.15, 0.2) is 0 Å². The summed E-state index contributed by atoms with van der Waals surface area (Å²) in [5.74, 6) is -1.39. The van der Waals surface area contributed by atoms with Crippen LogP contribution in [0, 0.1) is 6.92 Å². The average molecular weight is 385 g/mol. The maximum absolute atomic E-state index is 12.7. The molecule has 0 spiro atoms. The Kier molecular flexibility index (Phi) is 5.51. The fraction of sp³-hybridized carbons (Fsp3) is 0.250. The van der Waals surface area contributed by atoms with E-state index in [1.807, 2.05) is 19.1 Å². The van der Waals surface area contributed by atoms with Gasteiger partial charge in [0.05, 0.1) is 30.6 Å². The molecule has 0 fully saturated rings. The van der Waals surface area contributed by atoms with Crippen molar-refractivity contribution in [3.8, 4) is 0 Å². The first-order chi connectivity index (χ1) is 12.9. The van der Waals surface area contributed by atoms with E-state index in [0.29, 0.717) is 12.1 Å². The summed E-state index contributed by atoms with van der Waals surface area (Å²) < 4.78 is 9.42. The number of carbonyl (C=O) groups is 3. The molecule has 0 aliphatic carbocycles. The van der Waals surface area contributed by atoms with E-state index in [2.05, 4.69) is 11.4 Å². The van der Waals surface area contributed by atoms with Gasteiger partial charge < -0.3 is 14.8 Å². The van der Waals surface area contributed by atoms with Crippen LogP contribution in [-0.4, -0.2) is 37.3 Å². The minimum absolute atomic E-state index is 0.161. The zero-order valence-electron chi connectivity index (χ0n) is 15.2. The van der Waals surface area contributed by atoms with Crippen LogP contribution in [0.4, 0.5) is 5.69 Å². The maximum atomic E-state index is 12.7. The second kappa shape index (κ2) is 7.84. The van der Waals surface area contributed by atoms with Gasteiger partial charge >= 0.3 is 11.9 Å². The predicted octanol–water partition coefficient (Wildman–Crippen LogP) is 3.22. The molecule has 1 heterocycles. The van der Waals surface area contributed by atoms with Crippen LogP contribution in [0.2, 0.25) is 0 Å². The molecule has 1 aliphatic rings. The number of rotatable bonds is 4. The van der Waals surface area contributed by atoms with E-state index >= 15 is 0 Å². The van der Waals surface area contributed by atoms with Crippen molar-refractivity contribution < 1.29 is 23.9 Å². The molecule has 0 saturated heterocycles. The number of carbonyl (C=O) groups excluding carboxylic acids is 3. The molecule has 1 atom stereocenters. The molecule has 27 heavy (non-hydrogen) atoms. The smallest absolute Gasteiger partial charge is 0.337 e. The van der Waals surface area contributed by atoms with Crippen LogP contribution in [0.25, 0.3) is 0 Å². The summed E-state index contributed by atoms with van der Waals surface area (Å²) >= 11 is 1.51. The van der Waals surface area contributed by atoms with Crippen LogP contribution in [-0.2, 0) is 20.7 Å². The summed E-state index contributed by atoms with van der Waals surface area (Å²) in [4.78, 5) is 37.5. The van der Waals surface area contributed by atoms with E-state index in [9.17, 15) is 14.4 Å². The van der Waals surface area contributed by atoms with E-state index in [4.69, 9.17) is 9.47 Å². The summed E-state index contributed by atoms with van der Waals surface area (Å²) in [5.41, 5.74) is 2.96. The molecule has 0 bridgehead atoms. The van der Waals surface area contributed by atoms with Crippen molar-refractivity contribution in [1.29, 1.82) is 0 Å². The number of ether oxygens (including phenoxy) is 2. The van der Waals surface area contributed by atoms with Crippen molar-refractivity contribution >= 4 is 35.3 Å². The summed E-state index contributed by atoms with van der Waals surface area (Å²) in [6, 6.07) is 10.5. The molecule has 0 unspecified atom stereocenters. The van der Waals surface area contributed by atoms with E-state index < -0.39 is 11.9 Å². The van der Waals surface area contributed by atoms with E-state index in [1.54, 1.807) is 0 Å². The number of methoxy groups -OCH3 is 2. The Morgan fingerprint density at radius 3 is 2.22 bits per heavy atom. The topological polar surface area (TPSA) is 81.7 Å². The summed E-state index contributed by atoms with van der Waals surface area (Å²) in [5, 5.41) is 2.52. The first-order valence-electron chi connectivity index (χ1n) is 8.30. The molecule has 1 aliphatic heterocycles. The lowest BCUT2D eigenvalue weighted by atomic mass is 10.1. The summed E-state index contributed by atoms with van der Waals surface area (Å²) in [6.45, 7) is 2.01. The maximum Gasteiger partial charge on any atom is 0.337 e. The van der Waals surface area contributed by atoms with Crippen molar-refractivity contribution in [2.24, 2.45) is 0 Å². The fourth-order valence-corrected chi connectivity index (χ4v) is 4.17. The number of amides is 1. The molecule has 1 amide bonds. The first-order valence-corrected chi connectivity index (χ1v) is 9.18. The molecule has 3 rings (SSSR count). The quantitative estimate of drug-likeness (QED) is 0.814. The predicted molar refractivity (Wildman–Crippen MR) is 102 cm³/mol. The number of aryl methyl sites for hydroxylation is 1. The Labute approximate surface area is 161 Å². The van der Waals surface area contributed by atoms with Gasteiger partial charge in [-0.1, -0.05) is 17.7 Å². The van der Waals surface area contributed by atoms with Gasteiger partial charge in [-0.25, -0.2) is 9.59 Å². The molecular formula is C20H19NO5S. The van der Waals surface area contributed by atoms with Gasteiger partial charge in [0.2, 0.25) is 5.91 Å². The van der Waals surface area contributed by atoms with Crippen molar-refractivity contribution in [2.75, 3.05) is 19.5 Å². The summed E-state index contributed by atoms with van der Waals surface area (Å²) in [7, 11) is 2.50. The van der Waals surface area contributed by atoms with Crippen LogP contribution in [0.3, 0.4) is 0 Å². The Balaban J connectivity index is 1.81. The number of thioether (sulfide) groups is 1. The standard InChI is InChI=1S/C20H19NO5S/c1-11-4-5-12-10-17(27-16(12)6-11)18(22)21-15-8-13(19(23)25-2)7-14(9-15)20(24)26-3/h4-9,17H,10H2,1-3H3,(H,21,22)/t17-/m1/s1. The Hall–Kier alpha value is -2.80. The van der Waals surface area contributed by atoms with Gasteiger partial charge in [0, 0.05) is 10.6 Å². The van der Waals surface area contributed by atoms with Gasteiger partial charge in [0.1, 0.15) is 0 Å². The highest BCUT2D eigenvalue weighted by Crippen LogP contribution is 2.38. The number of nitrogens with one attached hydrogen (secondary N) is 1. The van der Waals surface area contributed by atoms with Crippen LogP contribution >= 0.6 is 11.8 Å². The molecule has 6 nitrogen and oxygen atoms in total. The number of esters is 2. The van der Waals surface area contributed by atoms with Crippen molar-refractivity contribution in [1.82, 2.24) is 0 Å². The average Bonchev–Trinajstić information content (AvgIpc) is 3.09. The summed E-state index contributed by atoms with van der Waals surface area (Å²) in [6.07, 6.45) is 0.632. The van der Waals surface area contributed by atoms with Gasteiger partial charge in [-0.15, -0.1) is 11.8 Å². The zero-order valence-corrected chi connectivity index (χ0v) is 16.0. The second-order valence-corrected chi connectivity index (χ2v) is 7.44. The van der Waals surface area contributed by atoms with Crippen LogP contribution in [0.15, 0.2) is 41.3 Å². The minimum Gasteiger partial charge on any atom is -0.465 e. The third kappa shape index (κ3) is 4.14. The highest BCUT2D eigenvalue weighted by atomic mass is 32.2. The molecular weight excluding hydrogens is 366 g/mol. The Morgan fingerprint density at radius 2 is 1.63 bits per heavy atom. The minimum atomic E-state index is -0.602. The normalized spacial score (nSPS) is 15.0. The molecule has 1 N–H and O–H groups in total. The van der Waals surface area contributed by atoms with E-state index in [-0.39, 0.29) is 22.3 Å². The fourth-order valence-electron chi connectivity index (χ4n) is 2.87. The monoisotopic (exact) mass is 385 g/mol. The van der Waals surface area contributed by atoms with Crippen molar-refractivity contribution in [3.05, 3.63) is 58.7 Å². The molecule has 140 valence electrons. The number of hydrogen-bond donors (Lipinski definition) is 1. The lowest BCUT2D eigenvalue weighted by Crippen LogP contribution is -2.25. The zero-order chi connectivity index (χ0) is 19.6. The van der Waals surface area contributed by atoms with Gasteiger partial charge in [-0.3, -0.25) is 4.79 Å². The number of benzene rings is 2. The van der Waals surface area contributed by atoms with E-state index in [1.165, 1.54) is 44.2 Å². The molecule has 0 saturated carbocycles. The van der Waals surface area contributed by atoms with Crippen LogP contribution in [0.1, 0.15) is 31.8 Å². The van der Waals surface area contributed by atoms with Crippen molar-refractivity contribution in [3.63, 3.8) is 0 Å². The number of fused-ring (bicyclic) bond motifs is 1. The lowest BCUT2D eigenvalue weighted by Gasteiger charge is -2.12. The van der Waals surface area contributed by atoms with E-state index in [0.717, 1.165) is 16.0 Å². The van der Waals surface area contributed by atoms with Gasteiger partial charge in [-0.05, 0) is 43.2 Å². The SMILES string of the molecule is COC(=O)c1cc(NC(=O)[C@H]2Cc3ccc(C)cc3S2)cc(C(=O)OC)c1. The van der Waals surface area contributed by atoms with Crippen LogP contribution in [0.5, 0.6) is 0 Å². The number of anilines is 1. The van der Waals surface area contributed by atoms with Gasteiger partial charge in [0.25, 0.3) is 0 Å². The number of hydrogen-bond acceptors (Lipinski definition) is 6. The highest BCUT2D eigenvalue weighted by molar-refractivity contribution is 8.01. The third-order valence-corrected chi connectivity index (χ3v) is 5.53. The Morgan fingerprint density at radius 1 is 1.00 bits per heavy atom. The molecule has 7 heteroatoms. The van der Waals surface area contributed by atoms with Crippen molar-refractivity contribution in [2.45, 2.75) is 23.5 Å². The molecule has 2 aromatic rings. The Bertz CT molecular complexity index is 890. The third-order valence-electron chi connectivity index (χ3n) is 4.23. The van der Waals surface area contributed by atoms with Gasteiger partial charge in [-0.2, -0.15) is 0 Å². The second-order valence-electron chi connectivity index (χ2n) is 6.19. The molecule has 0 aromatic heterocycles. The molecule has 0 radical (unpaired) electrons. The van der Waals surface area contributed by atoms with Crippen LogP contribution < -0.4 is 5.32 Å². The highest BCUT2D eigenvalue weighted by Gasteiger charge is 2.28.